The summed E-state index contributed by atoms with van der Waals surface area (Å²) >= 11 is 0. The van der Waals surface area contributed by atoms with Crippen molar-refractivity contribution in [1.29, 1.82) is 0 Å². The van der Waals surface area contributed by atoms with Gasteiger partial charge in [0.1, 0.15) is 0 Å². The molecule has 0 aliphatic rings. The average Bonchev–Trinajstić information content (AvgIpc) is 1.91. The van der Waals surface area contributed by atoms with E-state index in [9.17, 15) is 0 Å². The highest BCUT2D eigenvalue weighted by Crippen LogP contribution is 1.77. The minimum absolute atomic E-state index is 0.844. The summed E-state index contributed by atoms with van der Waals surface area (Å²) in [6.07, 6.45) is 5.02. The summed E-state index contributed by atoms with van der Waals surface area (Å²) in [6.45, 7) is 7.34. The highest BCUT2D eigenvalue weighted by atomic mass is 14.5. The molecule has 0 saturated heterocycles. The van der Waals surface area contributed by atoms with Gasteiger partial charge in [0.25, 0.3) is 0 Å². The lowest BCUT2D eigenvalue weighted by atomic mass is 10.3. The van der Waals surface area contributed by atoms with Gasteiger partial charge in [-0.05, 0) is 13.0 Å². The minimum atomic E-state index is 0.844. The smallest absolute Gasteiger partial charge is 0.00774 e. The van der Waals surface area contributed by atoms with E-state index in [1.54, 1.807) is 0 Å². The van der Waals surface area contributed by atoms with Gasteiger partial charge in [0.05, 0.1) is 0 Å². The lowest BCUT2D eigenvalue weighted by Gasteiger charge is -1.80. The number of hydrogen-bond donors (Lipinski definition) is 1. The van der Waals surface area contributed by atoms with Crippen molar-refractivity contribution in [2.45, 2.75) is 46.5 Å². The van der Waals surface area contributed by atoms with Gasteiger partial charge < -0.3 is 5.73 Å². The van der Waals surface area contributed by atoms with E-state index in [0.29, 0.717) is 0 Å². The van der Waals surface area contributed by atoms with Gasteiger partial charge in [-0.15, -0.1) is 0 Å². The van der Waals surface area contributed by atoms with Crippen LogP contribution in [-0.2, 0) is 0 Å². The van der Waals surface area contributed by atoms with Crippen LogP contribution in [0.3, 0.4) is 0 Å². The zero-order chi connectivity index (χ0) is 7.54. The molecule has 1 nitrogen and oxygen atoms in total. The Balaban J connectivity index is 0. The van der Waals surface area contributed by atoms with Crippen LogP contribution in [0, 0.1) is 0 Å². The molecule has 0 aromatic carbocycles. The van der Waals surface area contributed by atoms with Gasteiger partial charge in [-0.1, -0.05) is 40.0 Å². The predicted molar refractivity (Wildman–Crippen MR) is 44.5 cm³/mol. The van der Waals surface area contributed by atoms with Gasteiger partial charge in [-0.3, -0.25) is 0 Å². The first-order valence-electron chi connectivity index (χ1n) is 4.03. The Morgan fingerprint density at radius 2 is 1.33 bits per heavy atom. The molecule has 0 aromatic heterocycles. The number of nitrogens with two attached hydrogens (primary N) is 1. The fourth-order valence-electron chi connectivity index (χ4n) is 0.204. The molecule has 58 valence electrons. The number of hydrogen-bond acceptors (Lipinski definition) is 1. The summed E-state index contributed by atoms with van der Waals surface area (Å²) in [5, 5.41) is 0. The summed E-state index contributed by atoms with van der Waals surface area (Å²) in [5.74, 6) is 0. The Morgan fingerprint density at radius 1 is 0.889 bits per heavy atom. The van der Waals surface area contributed by atoms with Gasteiger partial charge in [-0.2, -0.15) is 0 Å². The molecule has 9 heavy (non-hydrogen) atoms. The Labute approximate surface area is 59.6 Å². The van der Waals surface area contributed by atoms with Crippen molar-refractivity contribution in [1.82, 2.24) is 0 Å². The van der Waals surface area contributed by atoms with E-state index in [-0.39, 0.29) is 0 Å². The van der Waals surface area contributed by atoms with Crippen LogP contribution in [0.15, 0.2) is 0 Å². The van der Waals surface area contributed by atoms with Crippen LogP contribution in [0.2, 0.25) is 0 Å². The molecule has 0 atom stereocenters. The number of unbranched alkanes of at least 4 members (excludes halogenated alkanes) is 2. The van der Waals surface area contributed by atoms with Crippen molar-refractivity contribution >= 4 is 0 Å². The third-order valence-electron chi connectivity index (χ3n) is 1.06. The van der Waals surface area contributed by atoms with E-state index in [2.05, 4.69) is 20.8 Å². The molecule has 0 radical (unpaired) electrons. The molecule has 0 saturated carbocycles. The monoisotopic (exact) mass is 131 g/mol. The molecule has 0 aliphatic carbocycles. The molecule has 0 spiro atoms. The average molecular weight is 131 g/mol. The highest BCUT2D eigenvalue weighted by Gasteiger charge is 1.67. The zero-order valence-corrected chi connectivity index (χ0v) is 7.11. The quantitative estimate of drug-likeness (QED) is 0.626. The zero-order valence-electron chi connectivity index (χ0n) is 7.11. The summed E-state index contributed by atoms with van der Waals surface area (Å²) in [5.41, 5.74) is 5.14. The van der Waals surface area contributed by atoms with E-state index < -0.39 is 0 Å². The SMILES string of the molecule is CCCC.CCCCN. The normalized spacial score (nSPS) is 8.00. The van der Waals surface area contributed by atoms with E-state index in [4.69, 9.17) is 5.73 Å². The Morgan fingerprint density at radius 3 is 1.33 bits per heavy atom. The van der Waals surface area contributed by atoms with E-state index >= 15 is 0 Å². The van der Waals surface area contributed by atoms with Gasteiger partial charge >= 0.3 is 0 Å². The highest BCUT2D eigenvalue weighted by molar-refractivity contribution is 4.29. The minimum Gasteiger partial charge on any atom is -0.330 e. The van der Waals surface area contributed by atoms with Crippen molar-refractivity contribution in [3.8, 4) is 0 Å². The molecule has 0 unspecified atom stereocenters. The summed E-state index contributed by atoms with van der Waals surface area (Å²) in [4.78, 5) is 0. The van der Waals surface area contributed by atoms with Crippen molar-refractivity contribution < 1.29 is 0 Å². The molecule has 0 aromatic rings. The summed E-state index contributed by atoms with van der Waals surface area (Å²) < 4.78 is 0. The van der Waals surface area contributed by atoms with Gasteiger partial charge in [0.2, 0.25) is 0 Å². The Bertz CT molecular complexity index is 23.7. The predicted octanol–water partition coefficient (Wildman–Crippen LogP) is 2.55. The maximum Gasteiger partial charge on any atom is -0.00774 e. The van der Waals surface area contributed by atoms with Crippen molar-refractivity contribution in [3.63, 3.8) is 0 Å². The van der Waals surface area contributed by atoms with Crippen LogP contribution in [0.5, 0.6) is 0 Å². The molecule has 0 heterocycles. The lowest BCUT2D eigenvalue weighted by Crippen LogP contribution is -1.95. The maximum atomic E-state index is 5.14. The molecule has 0 bridgehead atoms. The second-order valence-corrected chi connectivity index (χ2v) is 2.14. The van der Waals surface area contributed by atoms with Crippen molar-refractivity contribution in [3.05, 3.63) is 0 Å². The van der Waals surface area contributed by atoms with Gasteiger partial charge in [-0.25, -0.2) is 0 Å². The first kappa shape index (κ1) is 11.7. The molecule has 0 fully saturated rings. The summed E-state index contributed by atoms with van der Waals surface area (Å²) in [7, 11) is 0. The van der Waals surface area contributed by atoms with Crippen LogP contribution in [-0.4, -0.2) is 6.54 Å². The van der Waals surface area contributed by atoms with Crippen LogP contribution in [0.25, 0.3) is 0 Å². The molecule has 0 amide bonds. The van der Waals surface area contributed by atoms with Crippen LogP contribution in [0.1, 0.15) is 46.5 Å². The van der Waals surface area contributed by atoms with E-state index in [1.807, 2.05) is 0 Å². The van der Waals surface area contributed by atoms with Gasteiger partial charge in [0.15, 0.2) is 0 Å². The third kappa shape index (κ3) is 32.3. The maximum absolute atomic E-state index is 5.14. The van der Waals surface area contributed by atoms with Crippen molar-refractivity contribution in [2.75, 3.05) is 6.54 Å². The van der Waals surface area contributed by atoms with Crippen LogP contribution >= 0.6 is 0 Å². The second kappa shape index (κ2) is 15.7. The van der Waals surface area contributed by atoms with Crippen molar-refractivity contribution in [2.24, 2.45) is 5.73 Å². The van der Waals surface area contributed by atoms with E-state index in [0.717, 1.165) is 6.54 Å². The molecular weight excluding hydrogens is 110 g/mol. The standard InChI is InChI=1S/C4H11N.C4H10/c1-2-3-4-5;1-3-4-2/h2-5H2,1H3;3-4H2,1-2H3. The largest absolute Gasteiger partial charge is 0.330 e. The van der Waals surface area contributed by atoms with Crippen LogP contribution < -0.4 is 5.73 Å². The lowest BCUT2D eigenvalue weighted by molar-refractivity contribution is 0.807. The molecule has 0 rings (SSSR count). The fraction of sp³-hybridized carbons (Fsp3) is 1.00. The topological polar surface area (TPSA) is 26.0 Å². The summed E-state index contributed by atoms with van der Waals surface area (Å²) in [6, 6.07) is 0. The molecule has 1 heteroatoms. The first-order valence-corrected chi connectivity index (χ1v) is 4.03. The molecule has 0 aliphatic heterocycles. The molecular formula is C8H21N. The number of rotatable bonds is 3. The Hall–Kier alpha value is -0.0400. The third-order valence-corrected chi connectivity index (χ3v) is 1.06. The van der Waals surface area contributed by atoms with Crippen LogP contribution in [0.4, 0.5) is 0 Å². The first-order chi connectivity index (χ1) is 4.33. The van der Waals surface area contributed by atoms with Gasteiger partial charge in [0, 0.05) is 0 Å². The van der Waals surface area contributed by atoms with E-state index in [1.165, 1.54) is 25.7 Å². The molecule has 2 N–H and O–H groups in total. The second-order valence-electron chi connectivity index (χ2n) is 2.14. The Kier molecular flexibility index (Phi) is 20.4. The fourth-order valence-corrected chi connectivity index (χ4v) is 0.204.